The van der Waals surface area contributed by atoms with Crippen LogP contribution in [0.1, 0.15) is 54.5 Å². The van der Waals surface area contributed by atoms with E-state index in [4.69, 9.17) is 4.74 Å². The molecule has 1 N–H and O–H groups in total. The number of piperidine rings is 1. The molecule has 1 aliphatic rings. The van der Waals surface area contributed by atoms with Crippen molar-refractivity contribution in [1.29, 1.82) is 0 Å². The van der Waals surface area contributed by atoms with Gasteiger partial charge in [0.25, 0.3) is 5.91 Å². The minimum Gasteiger partial charge on any atom is -0.464 e. The molecule has 2 heterocycles. The van der Waals surface area contributed by atoms with E-state index < -0.39 is 5.97 Å². The summed E-state index contributed by atoms with van der Waals surface area (Å²) >= 11 is 0. The number of pyridine rings is 1. The third kappa shape index (κ3) is 4.59. The molecule has 0 bridgehead atoms. The smallest absolute Gasteiger partial charge is 0.357 e. The molecule has 1 saturated heterocycles. The zero-order valence-corrected chi connectivity index (χ0v) is 15.8. The Labute approximate surface area is 154 Å². The highest BCUT2D eigenvalue weighted by molar-refractivity contribution is 6.04. The topological polar surface area (TPSA) is 88.6 Å². The number of carbonyl (C=O) groups excluding carboxylic acids is 3. The quantitative estimate of drug-likeness (QED) is 0.809. The SMILES string of the molecule is COC(=O)c1ncccc1C(=O)N1CCC(C(=O)NC(C)C(C)C)CC1. The molecule has 1 aromatic heterocycles. The summed E-state index contributed by atoms with van der Waals surface area (Å²) in [4.78, 5) is 42.6. The van der Waals surface area contributed by atoms with E-state index in [1.807, 2.05) is 6.92 Å². The number of carbonyl (C=O) groups is 3. The first kappa shape index (κ1) is 19.9. The summed E-state index contributed by atoms with van der Waals surface area (Å²) in [5, 5.41) is 3.04. The van der Waals surface area contributed by atoms with Gasteiger partial charge in [-0.3, -0.25) is 9.59 Å². The van der Waals surface area contributed by atoms with Gasteiger partial charge in [-0.2, -0.15) is 0 Å². The first-order valence-corrected chi connectivity index (χ1v) is 8.98. The fraction of sp³-hybridized carbons (Fsp3) is 0.579. The van der Waals surface area contributed by atoms with E-state index in [-0.39, 0.29) is 35.0 Å². The van der Waals surface area contributed by atoms with Gasteiger partial charge in [-0.1, -0.05) is 13.8 Å². The van der Waals surface area contributed by atoms with Gasteiger partial charge in [0.1, 0.15) is 0 Å². The molecule has 2 amide bonds. The Kier molecular flexibility index (Phi) is 6.71. The molecule has 26 heavy (non-hydrogen) atoms. The molecule has 2 rings (SSSR count). The molecule has 1 unspecified atom stereocenters. The maximum Gasteiger partial charge on any atom is 0.357 e. The second-order valence-corrected chi connectivity index (χ2v) is 7.00. The minimum atomic E-state index is -0.633. The fourth-order valence-electron chi connectivity index (χ4n) is 2.86. The van der Waals surface area contributed by atoms with Gasteiger partial charge in [-0.15, -0.1) is 0 Å². The van der Waals surface area contributed by atoms with Crippen molar-refractivity contribution in [2.45, 2.75) is 39.7 Å². The monoisotopic (exact) mass is 361 g/mol. The summed E-state index contributed by atoms with van der Waals surface area (Å²) in [6, 6.07) is 3.32. The lowest BCUT2D eigenvalue weighted by atomic mass is 9.94. The molecule has 7 heteroatoms. The summed E-state index contributed by atoms with van der Waals surface area (Å²) in [7, 11) is 1.26. The van der Waals surface area contributed by atoms with Gasteiger partial charge >= 0.3 is 5.97 Å². The van der Waals surface area contributed by atoms with Crippen LogP contribution < -0.4 is 5.32 Å². The number of ether oxygens (including phenoxy) is 1. The Morgan fingerprint density at radius 3 is 2.46 bits per heavy atom. The van der Waals surface area contributed by atoms with Crippen molar-refractivity contribution in [3.05, 3.63) is 29.6 Å². The Morgan fingerprint density at radius 1 is 1.23 bits per heavy atom. The van der Waals surface area contributed by atoms with Gasteiger partial charge < -0.3 is 15.0 Å². The lowest BCUT2D eigenvalue weighted by Crippen LogP contribution is -2.46. The normalized spacial score (nSPS) is 16.3. The van der Waals surface area contributed by atoms with Crippen molar-refractivity contribution in [3.8, 4) is 0 Å². The van der Waals surface area contributed by atoms with E-state index >= 15 is 0 Å². The van der Waals surface area contributed by atoms with Crippen LogP contribution in [0.5, 0.6) is 0 Å². The van der Waals surface area contributed by atoms with E-state index in [1.54, 1.807) is 17.0 Å². The van der Waals surface area contributed by atoms with Crippen molar-refractivity contribution in [2.75, 3.05) is 20.2 Å². The predicted molar refractivity (Wildman–Crippen MR) is 96.6 cm³/mol. The summed E-state index contributed by atoms with van der Waals surface area (Å²) < 4.78 is 4.69. The Balaban J connectivity index is 1.99. The van der Waals surface area contributed by atoms with Crippen molar-refractivity contribution < 1.29 is 19.1 Å². The van der Waals surface area contributed by atoms with Crippen LogP contribution >= 0.6 is 0 Å². The molecule has 1 fully saturated rings. The van der Waals surface area contributed by atoms with Crippen LogP contribution in [0.3, 0.4) is 0 Å². The lowest BCUT2D eigenvalue weighted by molar-refractivity contribution is -0.127. The van der Waals surface area contributed by atoms with E-state index in [1.165, 1.54) is 13.3 Å². The molecule has 1 aromatic rings. The van der Waals surface area contributed by atoms with Gasteiger partial charge in [0.15, 0.2) is 5.69 Å². The maximum atomic E-state index is 12.8. The zero-order chi connectivity index (χ0) is 19.3. The number of amides is 2. The lowest BCUT2D eigenvalue weighted by Gasteiger charge is -2.32. The molecule has 0 radical (unpaired) electrons. The second-order valence-electron chi connectivity index (χ2n) is 7.00. The van der Waals surface area contributed by atoms with Crippen molar-refractivity contribution in [1.82, 2.24) is 15.2 Å². The molecule has 1 atom stereocenters. The van der Waals surface area contributed by atoms with Crippen LogP contribution in [-0.2, 0) is 9.53 Å². The molecule has 142 valence electrons. The van der Waals surface area contributed by atoms with Crippen molar-refractivity contribution in [3.63, 3.8) is 0 Å². The van der Waals surface area contributed by atoms with Crippen molar-refractivity contribution >= 4 is 17.8 Å². The number of nitrogens with zero attached hydrogens (tertiary/aromatic N) is 2. The van der Waals surface area contributed by atoms with E-state index in [9.17, 15) is 14.4 Å². The summed E-state index contributed by atoms with van der Waals surface area (Å²) in [5.74, 6) is -0.550. The van der Waals surface area contributed by atoms with Crippen LogP contribution in [0.4, 0.5) is 0 Å². The largest absolute Gasteiger partial charge is 0.464 e. The van der Waals surface area contributed by atoms with E-state index in [0.717, 1.165) is 0 Å². The highest BCUT2D eigenvalue weighted by Crippen LogP contribution is 2.21. The number of hydrogen-bond donors (Lipinski definition) is 1. The number of likely N-dealkylation sites (tertiary alicyclic amines) is 1. The van der Waals surface area contributed by atoms with Gasteiger partial charge in [0.05, 0.1) is 12.7 Å². The number of esters is 1. The Bertz CT molecular complexity index is 667. The number of hydrogen-bond acceptors (Lipinski definition) is 5. The number of nitrogens with one attached hydrogen (secondary N) is 1. The van der Waals surface area contributed by atoms with Crippen molar-refractivity contribution in [2.24, 2.45) is 11.8 Å². The van der Waals surface area contributed by atoms with Crippen LogP contribution in [-0.4, -0.2) is 53.9 Å². The number of methoxy groups -OCH3 is 1. The minimum absolute atomic E-state index is 0.0191. The zero-order valence-electron chi connectivity index (χ0n) is 15.8. The highest BCUT2D eigenvalue weighted by atomic mass is 16.5. The van der Waals surface area contributed by atoms with Crippen LogP contribution in [0, 0.1) is 11.8 Å². The van der Waals surface area contributed by atoms with E-state index in [0.29, 0.717) is 31.8 Å². The van der Waals surface area contributed by atoms with Crippen LogP contribution in [0.25, 0.3) is 0 Å². The number of aromatic nitrogens is 1. The maximum absolute atomic E-state index is 12.8. The average molecular weight is 361 g/mol. The average Bonchev–Trinajstić information content (AvgIpc) is 2.66. The summed E-state index contributed by atoms with van der Waals surface area (Å²) in [6.07, 6.45) is 2.67. The fourth-order valence-corrected chi connectivity index (χ4v) is 2.86. The summed E-state index contributed by atoms with van der Waals surface area (Å²) in [5.41, 5.74) is 0.251. The Hall–Kier alpha value is -2.44. The molecule has 0 aromatic carbocycles. The third-order valence-corrected chi connectivity index (χ3v) is 4.94. The summed E-state index contributed by atoms with van der Waals surface area (Å²) in [6.45, 7) is 7.08. The molecular formula is C19H27N3O4. The molecular weight excluding hydrogens is 334 g/mol. The first-order valence-electron chi connectivity index (χ1n) is 8.98. The molecule has 7 nitrogen and oxygen atoms in total. The standard InChI is InChI=1S/C19H27N3O4/c1-12(2)13(3)21-17(23)14-7-10-22(11-8-14)18(24)15-6-5-9-20-16(15)19(25)26-4/h5-6,9,12-14H,7-8,10-11H2,1-4H3,(H,21,23). The Morgan fingerprint density at radius 2 is 1.88 bits per heavy atom. The predicted octanol–water partition coefficient (Wildman–Crippen LogP) is 1.88. The third-order valence-electron chi connectivity index (χ3n) is 4.94. The number of rotatable bonds is 5. The van der Waals surface area contributed by atoms with Gasteiger partial charge in [0, 0.05) is 31.2 Å². The van der Waals surface area contributed by atoms with Gasteiger partial charge in [0.2, 0.25) is 5.91 Å². The first-order chi connectivity index (χ1) is 12.3. The molecule has 1 aliphatic heterocycles. The van der Waals surface area contributed by atoms with E-state index in [2.05, 4.69) is 24.1 Å². The molecule has 0 aliphatic carbocycles. The van der Waals surface area contributed by atoms with Crippen LogP contribution in [0.15, 0.2) is 18.3 Å². The second kappa shape index (κ2) is 8.78. The molecule has 0 saturated carbocycles. The van der Waals surface area contributed by atoms with Crippen LogP contribution in [0.2, 0.25) is 0 Å². The highest BCUT2D eigenvalue weighted by Gasteiger charge is 2.30. The van der Waals surface area contributed by atoms with Gasteiger partial charge in [-0.25, -0.2) is 9.78 Å². The van der Waals surface area contributed by atoms with Gasteiger partial charge in [-0.05, 0) is 37.8 Å². The molecule has 0 spiro atoms.